The molecule has 0 spiro atoms. The van der Waals surface area contributed by atoms with Crippen LogP contribution in [0.15, 0.2) is 146 Å². The number of aromatic nitrogens is 2. The molecule has 6 nitrogen and oxygen atoms in total. The summed E-state index contributed by atoms with van der Waals surface area (Å²) in [6.07, 6.45) is 4.59. The third-order valence-electron chi connectivity index (χ3n) is 11.8. The van der Waals surface area contributed by atoms with E-state index in [0.717, 1.165) is 80.6 Å². The van der Waals surface area contributed by atoms with Gasteiger partial charge < -0.3 is 28.1 Å². The summed E-state index contributed by atoms with van der Waals surface area (Å²) < 4.78 is 26.9. The van der Waals surface area contributed by atoms with Crippen molar-refractivity contribution in [2.75, 3.05) is 28.4 Å². The van der Waals surface area contributed by atoms with Crippen LogP contribution in [0.1, 0.15) is 47.2 Å². The second-order valence-corrected chi connectivity index (χ2v) is 15.0. The molecule has 0 N–H and O–H groups in total. The van der Waals surface area contributed by atoms with Crippen molar-refractivity contribution in [1.82, 2.24) is 9.13 Å². The van der Waals surface area contributed by atoms with E-state index in [4.69, 9.17) is 18.9 Å². The van der Waals surface area contributed by atoms with E-state index in [9.17, 15) is 0 Å². The van der Waals surface area contributed by atoms with E-state index in [0.29, 0.717) is 0 Å². The summed E-state index contributed by atoms with van der Waals surface area (Å²) in [7, 11) is 6.80. The molecule has 0 aliphatic rings. The highest BCUT2D eigenvalue weighted by Crippen LogP contribution is 2.39. The molecule has 0 saturated carbocycles. The van der Waals surface area contributed by atoms with Crippen LogP contribution >= 0.6 is 0 Å². The molecule has 0 unspecified atom stereocenters. The van der Waals surface area contributed by atoms with Gasteiger partial charge in [-0.2, -0.15) is 0 Å². The fraction of sp³-hybridized carbons (Fsp3) is 0.148. The Bertz CT molecular complexity index is 2750. The van der Waals surface area contributed by atoms with Crippen LogP contribution in [0.3, 0.4) is 0 Å². The summed E-state index contributed by atoms with van der Waals surface area (Å²) >= 11 is 0. The Kier molecular flexibility index (Phi) is 10.4. The third-order valence-corrected chi connectivity index (χ3v) is 11.8. The topological polar surface area (TPSA) is 46.8 Å². The quantitative estimate of drug-likeness (QED) is 0.116. The first-order valence-corrected chi connectivity index (χ1v) is 20.5. The number of benzene rings is 7. The minimum absolute atomic E-state index is 0.831. The van der Waals surface area contributed by atoms with Crippen molar-refractivity contribution in [2.24, 2.45) is 0 Å². The van der Waals surface area contributed by atoms with E-state index in [1.807, 2.05) is 48.5 Å². The summed E-state index contributed by atoms with van der Waals surface area (Å²) in [5.41, 5.74) is 13.9. The van der Waals surface area contributed by atoms with E-state index in [-0.39, 0.29) is 0 Å². The number of methoxy groups -OCH3 is 4. The van der Waals surface area contributed by atoms with Crippen molar-refractivity contribution in [3.8, 4) is 23.0 Å². The second-order valence-electron chi connectivity index (χ2n) is 15.0. The Balaban J connectivity index is 1.20. The van der Waals surface area contributed by atoms with Crippen LogP contribution in [0.4, 0.5) is 0 Å². The van der Waals surface area contributed by atoms with E-state index in [2.05, 4.69) is 132 Å². The lowest BCUT2D eigenvalue weighted by atomic mass is 9.95. The minimum atomic E-state index is 0.831. The van der Waals surface area contributed by atoms with Crippen molar-refractivity contribution < 1.29 is 18.9 Å². The molecule has 0 atom stereocenters. The Hall–Kier alpha value is -7.18. The molecule has 6 heteroatoms. The molecule has 0 fully saturated rings. The lowest BCUT2D eigenvalue weighted by Gasteiger charge is -2.11. The van der Waals surface area contributed by atoms with Gasteiger partial charge in [-0.15, -0.1) is 0 Å². The van der Waals surface area contributed by atoms with Crippen molar-refractivity contribution in [2.45, 2.75) is 26.9 Å². The molecule has 60 heavy (non-hydrogen) atoms. The number of ether oxygens (including phenoxy) is 4. The van der Waals surface area contributed by atoms with Crippen molar-refractivity contribution in [3.63, 3.8) is 0 Å². The fourth-order valence-electron chi connectivity index (χ4n) is 8.67. The van der Waals surface area contributed by atoms with Gasteiger partial charge in [0.2, 0.25) is 0 Å². The zero-order chi connectivity index (χ0) is 41.3. The maximum Gasteiger partial charge on any atom is 0.118 e. The summed E-state index contributed by atoms with van der Waals surface area (Å²) in [5, 5.41) is 4.99. The largest absolute Gasteiger partial charge is 0.497 e. The third kappa shape index (κ3) is 6.94. The Morgan fingerprint density at radius 2 is 0.650 bits per heavy atom. The number of aryl methyl sites for hydroxylation is 2. The molecular weight excluding hydrogens is 741 g/mol. The number of hydrogen-bond acceptors (Lipinski definition) is 4. The normalized spacial score (nSPS) is 11.3. The van der Waals surface area contributed by atoms with Gasteiger partial charge in [-0.3, -0.25) is 0 Å². The average molecular weight is 789 g/mol. The van der Waals surface area contributed by atoms with E-state index < -0.39 is 0 Å². The summed E-state index contributed by atoms with van der Waals surface area (Å²) in [5.74, 6) is 3.32. The highest BCUT2D eigenvalue weighted by atomic mass is 16.5. The van der Waals surface area contributed by atoms with Gasteiger partial charge in [0.15, 0.2) is 0 Å². The molecule has 0 radical (unpaired) electrons. The van der Waals surface area contributed by atoms with Gasteiger partial charge in [0, 0.05) is 56.7 Å². The first-order valence-electron chi connectivity index (χ1n) is 20.5. The fourth-order valence-corrected chi connectivity index (χ4v) is 8.67. The van der Waals surface area contributed by atoms with Gasteiger partial charge in [0.05, 0.1) is 28.4 Å². The summed E-state index contributed by atoms with van der Waals surface area (Å²) in [4.78, 5) is 0. The van der Waals surface area contributed by atoms with Crippen molar-refractivity contribution in [3.05, 3.63) is 179 Å². The highest BCUT2D eigenvalue weighted by Gasteiger charge is 2.18. The molecule has 7 aromatic carbocycles. The average Bonchev–Trinajstić information content (AvgIpc) is 3.79. The molecule has 2 heterocycles. The molecule has 0 aliphatic heterocycles. The number of nitrogens with zero attached hydrogens (tertiary/aromatic N) is 2. The van der Waals surface area contributed by atoms with E-state index in [1.165, 1.54) is 43.6 Å². The molecular formula is C54H48N2O4. The van der Waals surface area contributed by atoms with Crippen LogP contribution in [-0.4, -0.2) is 37.6 Å². The van der Waals surface area contributed by atoms with Crippen molar-refractivity contribution in [1.29, 1.82) is 0 Å². The number of fused-ring (bicyclic) bond motifs is 6. The number of hydrogen-bond donors (Lipinski definition) is 0. The monoisotopic (exact) mass is 788 g/mol. The molecule has 9 aromatic rings. The second kappa shape index (κ2) is 16.2. The minimum Gasteiger partial charge on any atom is -0.497 e. The van der Waals surface area contributed by atoms with Gasteiger partial charge in [0.25, 0.3) is 0 Å². The standard InChI is InChI=1S/C54H48N2O4/c1-7-55-51-27-9-35(29-45(37-11-19-41(57-3)20-12-37)38-13-21-42(58-4)22-14-38)31-47(51)49-34-54-50(33-53(49)55)48-32-36(10-28-52(48)56(54)8-2)30-46(39-15-23-43(59-5)24-16-39)40-17-25-44(60-6)26-18-40/h9-34H,7-8H2,1-6H3. The van der Waals surface area contributed by atoms with Crippen LogP contribution in [-0.2, 0) is 13.1 Å². The maximum absolute atomic E-state index is 5.49. The predicted octanol–water partition coefficient (Wildman–Crippen LogP) is 13.2. The molecule has 2 aromatic heterocycles. The van der Waals surface area contributed by atoms with Crippen LogP contribution < -0.4 is 18.9 Å². The zero-order valence-electron chi connectivity index (χ0n) is 35.0. The smallest absolute Gasteiger partial charge is 0.118 e. The molecule has 0 bridgehead atoms. The molecule has 0 aliphatic carbocycles. The van der Waals surface area contributed by atoms with Gasteiger partial charge in [-0.25, -0.2) is 0 Å². The van der Waals surface area contributed by atoms with E-state index >= 15 is 0 Å². The Morgan fingerprint density at radius 3 is 0.917 bits per heavy atom. The Morgan fingerprint density at radius 1 is 0.367 bits per heavy atom. The van der Waals surface area contributed by atoms with E-state index in [1.54, 1.807) is 28.4 Å². The lowest BCUT2D eigenvalue weighted by Crippen LogP contribution is -1.94. The van der Waals surface area contributed by atoms with Crippen LogP contribution in [0, 0.1) is 0 Å². The molecule has 0 saturated heterocycles. The van der Waals surface area contributed by atoms with Crippen LogP contribution in [0.25, 0.3) is 66.9 Å². The first-order chi connectivity index (χ1) is 29.4. The summed E-state index contributed by atoms with van der Waals surface area (Å²) in [6, 6.07) is 51.7. The number of rotatable bonds is 12. The molecule has 298 valence electrons. The van der Waals surface area contributed by atoms with Crippen LogP contribution in [0.2, 0.25) is 0 Å². The molecule has 0 amide bonds. The zero-order valence-corrected chi connectivity index (χ0v) is 35.0. The predicted molar refractivity (Wildman–Crippen MR) is 250 cm³/mol. The van der Waals surface area contributed by atoms with Gasteiger partial charge in [0.1, 0.15) is 23.0 Å². The van der Waals surface area contributed by atoms with Gasteiger partial charge in [-0.05, 0) is 155 Å². The van der Waals surface area contributed by atoms with Crippen LogP contribution in [0.5, 0.6) is 23.0 Å². The SMILES string of the molecule is CCn1c2ccc(C=C(c3ccc(OC)cc3)c3ccc(OC)cc3)cc2c2cc3c(cc21)c1cc(C=C(c2ccc(OC)cc2)c2ccc(OC)cc2)ccc1n3CC. The Labute approximate surface area is 351 Å². The first kappa shape index (κ1) is 38.3. The maximum atomic E-state index is 5.49. The van der Waals surface area contributed by atoms with Crippen molar-refractivity contribution >= 4 is 66.9 Å². The lowest BCUT2D eigenvalue weighted by molar-refractivity contribution is 0.414. The van der Waals surface area contributed by atoms with Gasteiger partial charge >= 0.3 is 0 Å². The molecule has 9 rings (SSSR count). The summed E-state index contributed by atoms with van der Waals surface area (Å²) in [6.45, 7) is 6.19. The van der Waals surface area contributed by atoms with Gasteiger partial charge in [-0.1, -0.05) is 60.7 Å². The highest BCUT2D eigenvalue weighted by molar-refractivity contribution is 6.18.